The van der Waals surface area contributed by atoms with Gasteiger partial charge in [0.2, 0.25) is 0 Å². The van der Waals surface area contributed by atoms with Crippen LogP contribution in [0.3, 0.4) is 0 Å². The lowest BCUT2D eigenvalue weighted by Gasteiger charge is -2.16. The van der Waals surface area contributed by atoms with Crippen molar-refractivity contribution in [3.63, 3.8) is 0 Å². The van der Waals surface area contributed by atoms with Crippen LogP contribution in [0, 0.1) is 17.5 Å². The van der Waals surface area contributed by atoms with Crippen LogP contribution >= 0.6 is 0 Å². The van der Waals surface area contributed by atoms with Crippen LogP contribution in [0.5, 0.6) is 0 Å². The maximum atomic E-state index is 13.6. The summed E-state index contributed by atoms with van der Waals surface area (Å²) in [6, 6.07) is 8.15. The van der Waals surface area contributed by atoms with E-state index in [0.717, 1.165) is 17.7 Å². The molecular formula is C17H16F3N3. The Balaban J connectivity index is 2.12. The Bertz CT molecular complexity index is 840. The molecule has 6 heteroatoms. The first-order valence-corrected chi connectivity index (χ1v) is 7.30. The van der Waals surface area contributed by atoms with Gasteiger partial charge in [-0.3, -0.25) is 0 Å². The topological polar surface area (TPSA) is 43.8 Å². The number of fused-ring (bicyclic) bond motifs is 1. The molecule has 0 bridgehead atoms. The van der Waals surface area contributed by atoms with Gasteiger partial charge in [-0.25, -0.2) is 18.2 Å². The normalized spacial score (nSPS) is 12.7. The lowest BCUT2D eigenvalue weighted by atomic mass is 10.1. The van der Waals surface area contributed by atoms with Gasteiger partial charge in [-0.2, -0.15) is 0 Å². The van der Waals surface area contributed by atoms with Gasteiger partial charge in [-0.15, -0.1) is 0 Å². The average molecular weight is 319 g/mol. The van der Waals surface area contributed by atoms with E-state index in [1.807, 2.05) is 6.92 Å². The molecule has 0 saturated carbocycles. The van der Waals surface area contributed by atoms with Crippen LogP contribution in [0.4, 0.5) is 13.2 Å². The zero-order valence-electron chi connectivity index (χ0n) is 12.6. The van der Waals surface area contributed by atoms with E-state index in [2.05, 4.69) is 4.98 Å². The largest absolute Gasteiger partial charge is 0.328 e. The number of aromatic nitrogens is 2. The van der Waals surface area contributed by atoms with E-state index in [4.69, 9.17) is 5.73 Å². The van der Waals surface area contributed by atoms with Gasteiger partial charge in [0.1, 0.15) is 11.6 Å². The first-order chi connectivity index (χ1) is 11.0. The van der Waals surface area contributed by atoms with Gasteiger partial charge >= 0.3 is 0 Å². The number of halogens is 3. The number of rotatable bonds is 4. The number of imidazole rings is 1. The van der Waals surface area contributed by atoms with E-state index in [-0.39, 0.29) is 11.9 Å². The van der Waals surface area contributed by atoms with Gasteiger partial charge < -0.3 is 10.3 Å². The predicted octanol–water partition coefficient (Wildman–Crippen LogP) is 3.56. The summed E-state index contributed by atoms with van der Waals surface area (Å²) < 4.78 is 41.9. The highest BCUT2D eigenvalue weighted by molar-refractivity contribution is 5.76. The Labute approximate surface area is 131 Å². The SMILES string of the molecule is CC(CN)n1c(Cc2ccc(F)cc2)nc2cc(F)c(F)cc21. The zero-order valence-corrected chi connectivity index (χ0v) is 12.6. The standard InChI is InChI=1S/C17H16F3N3/c1-10(9-21)23-16-8-14(20)13(19)7-15(16)22-17(23)6-11-2-4-12(18)5-3-11/h2-5,7-8,10H,6,9,21H2,1H3. The molecule has 1 heterocycles. The van der Waals surface area contributed by atoms with Crippen molar-refractivity contribution in [1.29, 1.82) is 0 Å². The van der Waals surface area contributed by atoms with Crippen molar-refractivity contribution >= 4 is 11.0 Å². The molecule has 3 nitrogen and oxygen atoms in total. The fourth-order valence-electron chi connectivity index (χ4n) is 2.65. The monoisotopic (exact) mass is 319 g/mol. The molecule has 1 unspecified atom stereocenters. The van der Waals surface area contributed by atoms with E-state index in [1.165, 1.54) is 12.1 Å². The molecule has 1 atom stereocenters. The van der Waals surface area contributed by atoms with Crippen LogP contribution in [-0.4, -0.2) is 16.1 Å². The molecule has 0 saturated heterocycles. The van der Waals surface area contributed by atoms with E-state index < -0.39 is 11.6 Å². The first kappa shape index (κ1) is 15.6. The minimum absolute atomic E-state index is 0.125. The summed E-state index contributed by atoms with van der Waals surface area (Å²) in [7, 11) is 0. The van der Waals surface area contributed by atoms with E-state index in [1.54, 1.807) is 16.7 Å². The Hall–Kier alpha value is -2.34. The van der Waals surface area contributed by atoms with Crippen molar-refractivity contribution in [2.24, 2.45) is 5.73 Å². The highest BCUT2D eigenvalue weighted by Gasteiger charge is 2.18. The third kappa shape index (κ3) is 2.94. The highest BCUT2D eigenvalue weighted by Crippen LogP contribution is 2.25. The minimum Gasteiger partial charge on any atom is -0.328 e. The van der Waals surface area contributed by atoms with Gasteiger partial charge in [0.15, 0.2) is 11.6 Å². The molecular weight excluding hydrogens is 303 g/mol. The predicted molar refractivity (Wildman–Crippen MR) is 82.6 cm³/mol. The second-order valence-corrected chi connectivity index (χ2v) is 5.54. The number of hydrogen-bond donors (Lipinski definition) is 1. The summed E-state index contributed by atoms with van der Waals surface area (Å²) in [5, 5.41) is 0. The molecule has 2 aromatic carbocycles. The van der Waals surface area contributed by atoms with Crippen LogP contribution in [0.1, 0.15) is 24.4 Å². The lowest BCUT2D eigenvalue weighted by molar-refractivity contribution is 0.508. The number of hydrogen-bond acceptors (Lipinski definition) is 2. The lowest BCUT2D eigenvalue weighted by Crippen LogP contribution is -2.18. The van der Waals surface area contributed by atoms with Crippen LogP contribution in [0.25, 0.3) is 11.0 Å². The minimum atomic E-state index is -0.934. The van der Waals surface area contributed by atoms with Gasteiger partial charge in [-0.05, 0) is 24.6 Å². The molecule has 0 radical (unpaired) electrons. The quantitative estimate of drug-likeness (QED) is 0.799. The van der Waals surface area contributed by atoms with E-state index >= 15 is 0 Å². The van der Waals surface area contributed by atoms with Crippen LogP contribution in [0.15, 0.2) is 36.4 Å². The molecule has 2 N–H and O–H groups in total. The summed E-state index contributed by atoms with van der Waals surface area (Å²) in [5.41, 5.74) is 7.47. The zero-order chi connectivity index (χ0) is 16.6. The Morgan fingerprint density at radius 3 is 2.39 bits per heavy atom. The Morgan fingerprint density at radius 1 is 1.09 bits per heavy atom. The van der Waals surface area contributed by atoms with E-state index in [9.17, 15) is 13.2 Å². The average Bonchev–Trinajstić information content (AvgIpc) is 2.86. The maximum absolute atomic E-state index is 13.6. The molecule has 1 aromatic heterocycles. The molecule has 0 aliphatic carbocycles. The Kier molecular flexibility index (Phi) is 4.09. The van der Waals surface area contributed by atoms with E-state index in [0.29, 0.717) is 29.8 Å². The smallest absolute Gasteiger partial charge is 0.161 e. The molecule has 3 aromatic rings. The summed E-state index contributed by atoms with van der Waals surface area (Å²) >= 11 is 0. The van der Waals surface area contributed by atoms with Gasteiger partial charge in [0, 0.05) is 31.1 Å². The number of nitrogens with zero attached hydrogens (tertiary/aromatic N) is 2. The molecule has 3 rings (SSSR count). The van der Waals surface area contributed by atoms with Crippen LogP contribution in [0.2, 0.25) is 0 Å². The molecule has 120 valence electrons. The molecule has 0 amide bonds. The summed E-state index contributed by atoms with van der Waals surface area (Å²) in [6.45, 7) is 2.22. The summed E-state index contributed by atoms with van der Waals surface area (Å²) in [6.07, 6.45) is 0.419. The maximum Gasteiger partial charge on any atom is 0.161 e. The van der Waals surface area contributed by atoms with Crippen LogP contribution < -0.4 is 5.73 Å². The fourth-order valence-corrected chi connectivity index (χ4v) is 2.65. The number of nitrogens with two attached hydrogens (primary N) is 1. The molecule has 0 fully saturated rings. The van der Waals surface area contributed by atoms with Gasteiger partial charge in [-0.1, -0.05) is 12.1 Å². The molecule has 0 aliphatic rings. The summed E-state index contributed by atoms with van der Waals surface area (Å²) in [4.78, 5) is 4.41. The second kappa shape index (κ2) is 6.04. The van der Waals surface area contributed by atoms with Crippen molar-refractivity contribution in [1.82, 2.24) is 9.55 Å². The first-order valence-electron chi connectivity index (χ1n) is 7.30. The van der Waals surface area contributed by atoms with Gasteiger partial charge in [0.25, 0.3) is 0 Å². The number of benzene rings is 2. The molecule has 0 spiro atoms. The fraction of sp³-hybridized carbons (Fsp3) is 0.235. The molecule has 23 heavy (non-hydrogen) atoms. The Morgan fingerprint density at radius 2 is 1.74 bits per heavy atom. The van der Waals surface area contributed by atoms with Crippen molar-refractivity contribution in [3.05, 3.63) is 65.2 Å². The highest BCUT2D eigenvalue weighted by atomic mass is 19.2. The molecule has 0 aliphatic heterocycles. The van der Waals surface area contributed by atoms with Crippen molar-refractivity contribution in [3.8, 4) is 0 Å². The van der Waals surface area contributed by atoms with Crippen molar-refractivity contribution in [2.75, 3.05) is 6.54 Å². The van der Waals surface area contributed by atoms with Crippen molar-refractivity contribution in [2.45, 2.75) is 19.4 Å². The van der Waals surface area contributed by atoms with Gasteiger partial charge in [0.05, 0.1) is 11.0 Å². The van der Waals surface area contributed by atoms with Crippen molar-refractivity contribution < 1.29 is 13.2 Å². The third-order valence-electron chi connectivity index (χ3n) is 3.86. The third-order valence-corrected chi connectivity index (χ3v) is 3.86. The second-order valence-electron chi connectivity index (χ2n) is 5.54. The summed E-state index contributed by atoms with van der Waals surface area (Å²) in [5.74, 6) is -1.54. The van der Waals surface area contributed by atoms with Crippen LogP contribution in [-0.2, 0) is 6.42 Å².